The molecule has 0 saturated heterocycles. The van der Waals surface area contributed by atoms with Crippen molar-refractivity contribution in [1.29, 1.82) is 0 Å². The summed E-state index contributed by atoms with van der Waals surface area (Å²) in [5, 5.41) is 3.46. The van der Waals surface area contributed by atoms with Crippen LogP contribution < -0.4 is 5.32 Å². The molecule has 0 fully saturated rings. The average Bonchev–Trinajstić information content (AvgIpc) is 2.88. The molecule has 0 bridgehead atoms. The Morgan fingerprint density at radius 3 is 2.61 bits per heavy atom. The summed E-state index contributed by atoms with van der Waals surface area (Å²) in [5.74, 6) is 0. The molecule has 0 aliphatic carbocycles. The van der Waals surface area contributed by atoms with Crippen LogP contribution in [0.2, 0.25) is 0 Å². The molecule has 0 saturated carbocycles. The molecule has 0 spiro atoms. The van der Waals surface area contributed by atoms with Gasteiger partial charge < -0.3 is 9.88 Å². The standard InChI is InChI=1S/C16H22N2/c1-3-11-17-13-16-10-7-12-18(16)14(2)15-8-5-4-6-9-15/h4-10,12,14,17H,3,11,13H2,1-2H3. The van der Waals surface area contributed by atoms with E-state index in [1.54, 1.807) is 0 Å². The lowest BCUT2D eigenvalue weighted by atomic mass is 10.1. The fourth-order valence-corrected chi connectivity index (χ4v) is 2.24. The zero-order valence-corrected chi connectivity index (χ0v) is 11.3. The smallest absolute Gasteiger partial charge is 0.0555 e. The average molecular weight is 242 g/mol. The molecule has 1 heterocycles. The van der Waals surface area contributed by atoms with Crippen molar-refractivity contribution in [2.45, 2.75) is 32.9 Å². The van der Waals surface area contributed by atoms with E-state index in [0.29, 0.717) is 6.04 Å². The number of hydrogen-bond acceptors (Lipinski definition) is 1. The van der Waals surface area contributed by atoms with Crippen LogP contribution in [-0.2, 0) is 6.54 Å². The van der Waals surface area contributed by atoms with E-state index in [9.17, 15) is 0 Å². The molecular weight excluding hydrogens is 220 g/mol. The van der Waals surface area contributed by atoms with E-state index in [2.05, 4.69) is 72.4 Å². The summed E-state index contributed by atoms with van der Waals surface area (Å²) >= 11 is 0. The number of aromatic nitrogens is 1. The molecule has 2 nitrogen and oxygen atoms in total. The van der Waals surface area contributed by atoms with E-state index < -0.39 is 0 Å². The second-order valence-corrected chi connectivity index (χ2v) is 4.67. The van der Waals surface area contributed by atoms with Gasteiger partial charge in [-0.3, -0.25) is 0 Å². The molecule has 1 atom stereocenters. The van der Waals surface area contributed by atoms with Gasteiger partial charge in [-0.05, 0) is 37.6 Å². The molecule has 96 valence electrons. The first-order valence-electron chi connectivity index (χ1n) is 6.74. The van der Waals surface area contributed by atoms with Crippen molar-refractivity contribution in [3.05, 3.63) is 59.9 Å². The van der Waals surface area contributed by atoms with Crippen LogP contribution in [0.25, 0.3) is 0 Å². The number of hydrogen-bond donors (Lipinski definition) is 1. The van der Waals surface area contributed by atoms with Crippen LogP contribution in [-0.4, -0.2) is 11.1 Å². The Balaban J connectivity index is 2.11. The Hall–Kier alpha value is -1.54. The van der Waals surface area contributed by atoms with Crippen molar-refractivity contribution in [2.24, 2.45) is 0 Å². The van der Waals surface area contributed by atoms with Crippen molar-refractivity contribution in [3.8, 4) is 0 Å². The second-order valence-electron chi connectivity index (χ2n) is 4.67. The van der Waals surface area contributed by atoms with Gasteiger partial charge in [0.25, 0.3) is 0 Å². The van der Waals surface area contributed by atoms with Crippen LogP contribution in [0.5, 0.6) is 0 Å². The lowest BCUT2D eigenvalue weighted by Gasteiger charge is -2.18. The predicted octanol–water partition coefficient (Wildman–Crippen LogP) is 3.60. The zero-order valence-electron chi connectivity index (χ0n) is 11.3. The highest BCUT2D eigenvalue weighted by Gasteiger charge is 2.09. The van der Waals surface area contributed by atoms with Crippen LogP contribution in [0.4, 0.5) is 0 Å². The quantitative estimate of drug-likeness (QED) is 0.766. The van der Waals surface area contributed by atoms with Gasteiger partial charge in [-0.1, -0.05) is 37.3 Å². The first kappa shape index (κ1) is 12.9. The number of benzene rings is 1. The fourth-order valence-electron chi connectivity index (χ4n) is 2.24. The van der Waals surface area contributed by atoms with Crippen LogP contribution in [0.1, 0.15) is 37.6 Å². The molecule has 1 aromatic heterocycles. The highest BCUT2D eigenvalue weighted by molar-refractivity contribution is 5.21. The summed E-state index contributed by atoms with van der Waals surface area (Å²) in [7, 11) is 0. The Morgan fingerprint density at radius 1 is 1.11 bits per heavy atom. The zero-order chi connectivity index (χ0) is 12.8. The van der Waals surface area contributed by atoms with E-state index in [4.69, 9.17) is 0 Å². The molecule has 1 unspecified atom stereocenters. The van der Waals surface area contributed by atoms with Gasteiger partial charge in [0.2, 0.25) is 0 Å². The van der Waals surface area contributed by atoms with Gasteiger partial charge in [0.15, 0.2) is 0 Å². The largest absolute Gasteiger partial charge is 0.343 e. The van der Waals surface area contributed by atoms with Crippen molar-refractivity contribution >= 4 is 0 Å². The van der Waals surface area contributed by atoms with E-state index in [1.165, 1.54) is 17.7 Å². The normalized spacial score (nSPS) is 12.6. The third-order valence-electron chi connectivity index (χ3n) is 3.30. The predicted molar refractivity (Wildman–Crippen MR) is 76.7 cm³/mol. The minimum Gasteiger partial charge on any atom is -0.343 e. The maximum Gasteiger partial charge on any atom is 0.0555 e. The molecule has 0 aliphatic heterocycles. The summed E-state index contributed by atoms with van der Waals surface area (Å²) < 4.78 is 2.35. The lowest BCUT2D eigenvalue weighted by molar-refractivity contribution is 0.575. The van der Waals surface area contributed by atoms with Gasteiger partial charge in [0.05, 0.1) is 6.04 Å². The van der Waals surface area contributed by atoms with E-state index in [1.807, 2.05) is 0 Å². The molecule has 0 aliphatic rings. The highest BCUT2D eigenvalue weighted by Crippen LogP contribution is 2.19. The molecule has 1 N–H and O–H groups in total. The molecule has 18 heavy (non-hydrogen) atoms. The number of nitrogens with zero attached hydrogens (tertiary/aromatic N) is 1. The van der Waals surface area contributed by atoms with Crippen LogP contribution in [0, 0.1) is 0 Å². The molecular formula is C16H22N2. The topological polar surface area (TPSA) is 17.0 Å². The first-order valence-corrected chi connectivity index (χ1v) is 6.74. The summed E-state index contributed by atoms with van der Waals surface area (Å²) in [4.78, 5) is 0. The summed E-state index contributed by atoms with van der Waals surface area (Å²) in [6.45, 7) is 6.46. The lowest BCUT2D eigenvalue weighted by Crippen LogP contribution is -2.18. The summed E-state index contributed by atoms with van der Waals surface area (Å²) in [6, 6.07) is 15.4. The monoisotopic (exact) mass is 242 g/mol. The van der Waals surface area contributed by atoms with Gasteiger partial charge in [0.1, 0.15) is 0 Å². The van der Waals surface area contributed by atoms with Crippen molar-refractivity contribution < 1.29 is 0 Å². The third-order valence-corrected chi connectivity index (χ3v) is 3.30. The summed E-state index contributed by atoms with van der Waals surface area (Å²) in [5.41, 5.74) is 2.70. The van der Waals surface area contributed by atoms with Gasteiger partial charge in [-0.25, -0.2) is 0 Å². The van der Waals surface area contributed by atoms with Gasteiger partial charge >= 0.3 is 0 Å². The second kappa shape index (κ2) is 6.41. The Bertz CT molecular complexity index is 459. The van der Waals surface area contributed by atoms with Crippen molar-refractivity contribution in [2.75, 3.05) is 6.54 Å². The van der Waals surface area contributed by atoms with Crippen LogP contribution in [0.15, 0.2) is 48.7 Å². The van der Waals surface area contributed by atoms with E-state index >= 15 is 0 Å². The minimum atomic E-state index is 0.389. The molecule has 1 aromatic carbocycles. The van der Waals surface area contributed by atoms with E-state index in [0.717, 1.165) is 13.1 Å². The number of nitrogens with one attached hydrogen (secondary N) is 1. The molecule has 2 rings (SSSR count). The Morgan fingerprint density at radius 2 is 1.89 bits per heavy atom. The third kappa shape index (κ3) is 3.02. The van der Waals surface area contributed by atoms with Gasteiger partial charge in [0, 0.05) is 18.4 Å². The maximum absolute atomic E-state index is 3.46. The number of rotatable bonds is 6. The van der Waals surface area contributed by atoms with Crippen LogP contribution >= 0.6 is 0 Å². The van der Waals surface area contributed by atoms with Crippen molar-refractivity contribution in [1.82, 2.24) is 9.88 Å². The molecule has 0 radical (unpaired) electrons. The Labute approximate surface area is 110 Å². The van der Waals surface area contributed by atoms with Crippen LogP contribution in [0.3, 0.4) is 0 Å². The van der Waals surface area contributed by atoms with Gasteiger partial charge in [-0.15, -0.1) is 0 Å². The minimum absolute atomic E-state index is 0.389. The highest BCUT2D eigenvalue weighted by atomic mass is 15.0. The molecule has 2 heteroatoms. The molecule has 2 aromatic rings. The summed E-state index contributed by atoms with van der Waals surface area (Å²) in [6.07, 6.45) is 3.34. The maximum atomic E-state index is 3.46. The van der Waals surface area contributed by atoms with Crippen molar-refractivity contribution in [3.63, 3.8) is 0 Å². The SMILES string of the molecule is CCCNCc1cccn1C(C)c1ccccc1. The van der Waals surface area contributed by atoms with E-state index in [-0.39, 0.29) is 0 Å². The first-order chi connectivity index (χ1) is 8.83. The Kier molecular flexibility index (Phi) is 4.59. The fraction of sp³-hybridized carbons (Fsp3) is 0.375. The van der Waals surface area contributed by atoms with Gasteiger partial charge in [-0.2, -0.15) is 0 Å². The molecule has 0 amide bonds.